The molecule has 0 atom stereocenters. The van der Waals surface area contributed by atoms with Crippen LogP contribution < -0.4 is 19.8 Å². The van der Waals surface area contributed by atoms with Gasteiger partial charge in [-0.2, -0.15) is 9.13 Å². The Hall–Kier alpha value is -2.69. The molecule has 0 bridgehead atoms. The summed E-state index contributed by atoms with van der Waals surface area (Å²) in [7, 11) is 0. The van der Waals surface area contributed by atoms with Gasteiger partial charge in [-0.15, -0.1) is 11.4 Å². The lowest BCUT2D eigenvalue weighted by Crippen LogP contribution is -2.42. The molecule has 0 aromatic carbocycles. The van der Waals surface area contributed by atoms with Crippen LogP contribution in [0.5, 0.6) is 0 Å². The van der Waals surface area contributed by atoms with E-state index in [1.54, 1.807) is 0 Å². The summed E-state index contributed by atoms with van der Waals surface area (Å²) in [5, 5.41) is 5.95. The van der Waals surface area contributed by atoms with Crippen molar-refractivity contribution in [2.24, 2.45) is 0 Å². The van der Waals surface area contributed by atoms with Gasteiger partial charge in [-0.3, -0.25) is 13.8 Å². The second kappa shape index (κ2) is 45.4. The molecule has 0 saturated carbocycles. The number of pyridine rings is 2. The number of rotatable bonds is 36. The smallest absolute Gasteiger partial charge is 0.224 e. The van der Waals surface area contributed by atoms with Crippen LogP contribution in [0.4, 0.5) is 0 Å². The molecule has 2 amide bonds. The third-order valence-corrected chi connectivity index (χ3v) is 10.5. The van der Waals surface area contributed by atoms with Gasteiger partial charge in [0.15, 0.2) is 24.8 Å². The van der Waals surface area contributed by atoms with Gasteiger partial charge in [0.25, 0.3) is 0 Å². The van der Waals surface area contributed by atoms with Crippen LogP contribution >= 0.6 is 0 Å². The van der Waals surface area contributed by atoms with Gasteiger partial charge in [0, 0.05) is 37.1 Å². The molecule has 9 nitrogen and oxygen atoms in total. The number of hydrogen-bond acceptors (Lipinski definition) is 5. The van der Waals surface area contributed by atoms with Crippen LogP contribution in [0.15, 0.2) is 61.2 Å². The molecule has 0 unspecified atom stereocenters. The second-order valence-electron chi connectivity index (χ2n) is 15.9. The summed E-state index contributed by atoms with van der Waals surface area (Å²) in [5.41, 5.74) is 0. The van der Waals surface area contributed by atoms with Gasteiger partial charge in [0.1, 0.15) is 0 Å². The number of unbranched alkanes of at least 4 members (excludes halogenated alkanes) is 28. The van der Waals surface area contributed by atoms with Crippen LogP contribution in [0.25, 0.3) is 0 Å². The first kappa shape index (κ1) is 55.3. The van der Waals surface area contributed by atoms with Crippen LogP contribution in [-0.4, -0.2) is 25.1 Å². The minimum Gasteiger partial charge on any atom is -0.784 e. The van der Waals surface area contributed by atoms with Gasteiger partial charge in [0.05, 0.1) is 0 Å². The Bertz CT molecular complexity index is 1090. The first-order valence-electron chi connectivity index (χ1n) is 23.6. The van der Waals surface area contributed by atoms with Crippen LogP contribution in [0.3, 0.4) is 0 Å². The summed E-state index contributed by atoms with van der Waals surface area (Å²) in [4.78, 5) is 23.7. The highest BCUT2D eigenvalue weighted by Crippen LogP contribution is 2.15. The maximum absolute atomic E-state index is 11.8. The quantitative estimate of drug-likeness (QED) is 0.0401. The lowest BCUT2D eigenvalue weighted by molar-refractivity contribution is -0.700. The molecule has 10 heteroatoms. The lowest BCUT2D eigenvalue weighted by Gasteiger charge is -2.04. The maximum Gasteiger partial charge on any atom is 0.224 e. The molecule has 58 heavy (non-hydrogen) atoms. The Balaban J connectivity index is 0.00000102. The molecule has 0 fully saturated rings. The van der Waals surface area contributed by atoms with Gasteiger partial charge in [-0.05, 0) is 12.8 Å². The van der Waals surface area contributed by atoms with Crippen LogP contribution in [0.2, 0.25) is 0 Å². The van der Waals surface area contributed by atoms with Crippen molar-refractivity contribution in [2.45, 2.75) is 233 Å². The molecule has 2 N–H and O–H groups in total. The highest BCUT2D eigenvalue weighted by molar-refractivity contribution is 7.72. The van der Waals surface area contributed by atoms with Crippen molar-refractivity contribution in [3.05, 3.63) is 61.2 Å². The van der Waals surface area contributed by atoms with Crippen molar-refractivity contribution < 1.29 is 32.0 Å². The zero-order chi connectivity index (χ0) is 42.4. The molecule has 0 spiro atoms. The minimum absolute atomic E-state index is 0.168. The van der Waals surface area contributed by atoms with Crippen molar-refractivity contribution in [1.29, 1.82) is 0 Å². The minimum atomic E-state index is -3.11. The van der Waals surface area contributed by atoms with E-state index in [4.69, 9.17) is 13.3 Å². The molecule has 0 saturated heterocycles. The van der Waals surface area contributed by atoms with E-state index in [9.17, 15) is 9.59 Å². The van der Waals surface area contributed by atoms with E-state index in [1.807, 2.05) is 70.3 Å². The van der Waals surface area contributed by atoms with Crippen molar-refractivity contribution in [3.63, 3.8) is 0 Å². The summed E-state index contributed by atoms with van der Waals surface area (Å²) in [6, 6.07) is 11.9. The van der Waals surface area contributed by atoms with Gasteiger partial charge in [-0.25, -0.2) is 0 Å². The molecule has 0 radical (unpaired) electrons. The van der Waals surface area contributed by atoms with Crippen molar-refractivity contribution in [1.82, 2.24) is 10.6 Å². The number of aromatic nitrogens is 2. The van der Waals surface area contributed by atoms with Crippen molar-refractivity contribution in [3.8, 4) is 0 Å². The largest absolute Gasteiger partial charge is 0.784 e. The molecule has 2 heterocycles. The number of carbonyl (C=O) groups is 2. The first-order valence-corrected chi connectivity index (χ1v) is 24.6. The highest BCUT2D eigenvalue weighted by atomic mass is 32.2. The maximum atomic E-state index is 11.8. The summed E-state index contributed by atoms with van der Waals surface area (Å²) in [6.45, 7) is 5.70. The molecule has 0 aliphatic heterocycles. The predicted molar refractivity (Wildman–Crippen MR) is 238 cm³/mol. The van der Waals surface area contributed by atoms with E-state index in [1.165, 1.54) is 180 Å². The zero-order valence-electron chi connectivity index (χ0n) is 37.2. The van der Waals surface area contributed by atoms with Crippen molar-refractivity contribution in [2.75, 3.05) is 0 Å². The normalized spacial score (nSPS) is 10.7. The number of carbonyl (C=O) groups excluding carboxylic acids is 2. The summed E-state index contributed by atoms with van der Waals surface area (Å²) < 4.78 is 29.3. The molecule has 2 rings (SSSR count). The van der Waals surface area contributed by atoms with E-state index in [0.29, 0.717) is 26.2 Å². The second-order valence-corrected chi connectivity index (χ2v) is 16.3. The monoisotopic (exact) mass is 831 g/mol. The standard InChI is InChI=1S/2C24H42N2O.H2O3S/c2*1-2-3-4-5-6-7-8-9-10-11-12-13-14-15-17-20-24(27)25-23-26-21-18-16-19-22-26;1-4(2)3/h2*16,18-19,21-22H,2-15,17,20,23H2,1H3;(H2,1,2,3). The third-order valence-electron chi connectivity index (χ3n) is 10.5. The van der Waals surface area contributed by atoms with Gasteiger partial charge >= 0.3 is 0 Å². The summed E-state index contributed by atoms with van der Waals surface area (Å²) >= 11 is -3.11. The molecule has 0 aliphatic rings. The van der Waals surface area contributed by atoms with Crippen molar-refractivity contribution >= 4 is 23.2 Å². The predicted octanol–water partition coefficient (Wildman–Crippen LogP) is 11.6. The van der Waals surface area contributed by atoms with Gasteiger partial charge in [-0.1, -0.05) is 206 Å². The molecule has 2 aromatic rings. The Morgan fingerprint density at radius 3 is 0.828 bits per heavy atom. The Morgan fingerprint density at radius 2 is 0.603 bits per heavy atom. The average Bonchev–Trinajstić information content (AvgIpc) is 3.23. The van der Waals surface area contributed by atoms with E-state index in [-0.39, 0.29) is 11.8 Å². The SMILES string of the molecule is CCCCCCCCCCCCCCCCCC(=O)NC[n+]1ccccc1.CCCCCCCCCCCCCCCCCC(=O)NC[n+]1ccccc1.O=S([O-])[O-]. The van der Waals surface area contributed by atoms with Gasteiger partial charge in [0.2, 0.25) is 25.2 Å². The fraction of sp³-hybridized carbons (Fsp3) is 0.750. The number of hydrogen-bond donors (Lipinski definition) is 2. The molecule has 0 aliphatic carbocycles. The Kier molecular flexibility index (Phi) is 43.3. The van der Waals surface area contributed by atoms with Crippen LogP contribution in [0, 0.1) is 0 Å². The van der Waals surface area contributed by atoms with E-state index >= 15 is 0 Å². The first-order chi connectivity index (χ1) is 28.4. The van der Waals surface area contributed by atoms with Crippen LogP contribution in [-0.2, 0) is 34.3 Å². The molecule has 2 aromatic heterocycles. The number of nitrogens with zero attached hydrogens (tertiary/aromatic N) is 2. The Morgan fingerprint density at radius 1 is 0.397 bits per heavy atom. The highest BCUT2D eigenvalue weighted by Gasteiger charge is 2.05. The number of amides is 2. The molecular formula is C48H86N4O5S. The average molecular weight is 831 g/mol. The lowest BCUT2D eigenvalue weighted by atomic mass is 10.0. The van der Waals surface area contributed by atoms with E-state index in [2.05, 4.69) is 24.5 Å². The Labute approximate surface area is 358 Å². The fourth-order valence-electron chi connectivity index (χ4n) is 6.93. The van der Waals surface area contributed by atoms with Crippen LogP contribution in [0.1, 0.15) is 219 Å². The van der Waals surface area contributed by atoms with Gasteiger partial charge < -0.3 is 19.7 Å². The zero-order valence-corrected chi connectivity index (χ0v) is 38.0. The fourth-order valence-corrected chi connectivity index (χ4v) is 6.93. The van der Waals surface area contributed by atoms with E-state index < -0.39 is 11.4 Å². The topological polar surface area (TPSA) is 129 Å². The summed E-state index contributed by atoms with van der Waals surface area (Å²) in [5.74, 6) is 0.335. The molecular weight excluding hydrogens is 745 g/mol. The number of nitrogens with one attached hydrogen (secondary N) is 2. The van der Waals surface area contributed by atoms with E-state index in [0.717, 1.165) is 12.8 Å². The third kappa shape index (κ3) is 44.4. The molecule has 334 valence electrons. The summed E-state index contributed by atoms with van der Waals surface area (Å²) in [6.07, 6.45) is 49.9.